The van der Waals surface area contributed by atoms with Crippen molar-refractivity contribution in [2.24, 2.45) is 0 Å². The van der Waals surface area contributed by atoms with E-state index >= 15 is 0 Å². The van der Waals surface area contributed by atoms with Crippen LogP contribution < -0.4 is 10.6 Å². The summed E-state index contributed by atoms with van der Waals surface area (Å²) in [6.45, 7) is 6.42. The van der Waals surface area contributed by atoms with Gasteiger partial charge in [-0.15, -0.1) is 0 Å². The fraction of sp³-hybridized carbons (Fsp3) is 0.500. The summed E-state index contributed by atoms with van der Waals surface area (Å²) in [7, 11) is 0. The molecule has 2 rings (SSSR count). The first-order valence-electron chi connectivity index (χ1n) is 6.50. The molecule has 18 heavy (non-hydrogen) atoms. The van der Waals surface area contributed by atoms with E-state index in [0.29, 0.717) is 12.6 Å². The highest BCUT2D eigenvalue weighted by atomic mass is 16.2. The van der Waals surface area contributed by atoms with Crippen LogP contribution in [0.1, 0.15) is 19.4 Å². The van der Waals surface area contributed by atoms with Crippen molar-refractivity contribution in [1.29, 1.82) is 0 Å². The minimum absolute atomic E-state index is 0.0275. The smallest absolute Gasteiger partial charge is 0.318 e. The maximum Gasteiger partial charge on any atom is 0.318 e. The van der Waals surface area contributed by atoms with Crippen molar-refractivity contribution in [1.82, 2.24) is 15.5 Å². The summed E-state index contributed by atoms with van der Waals surface area (Å²) in [5, 5.41) is 6.35. The minimum Gasteiger partial charge on any atom is -0.334 e. The Hall–Kier alpha value is -1.55. The van der Waals surface area contributed by atoms with Gasteiger partial charge in [-0.2, -0.15) is 0 Å². The quantitative estimate of drug-likeness (QED) is 0.833. The SMILES string of the molecule is CC1NCCN(C(=O)NCc2ccccc2)C1C. The van der Waals surface area contributed by atoms with E-state index in [9.17, 15) is 4.79 Å². The van der Waals surface area contributed by atoms with Crippen molar-refractivity contribution in [2.45, 2.75) is 32.5 Å². The molecule has 1 fully saturated rings. The van der Waals surface area contributed by atoms with Crippen molar-refractivity contribution in [3.8, 4) is 0 Å². The Kier molecular flexibility index (Phi) is 4.20. The standard InChI is InChI=1S/C14H21N3O/c1-11-12(2)17(9-8-15-11)14(18)16-10-13-6-4-3-5-7-13/h3-7,11-12,15H,8-10H2,1-2H3,(H,16,18). The van der Waals surface area contributed by atoms with Gasteiger partial charge in [0, 0.05) is 31.7 Å². The molecule has 2 amide bonds. The summed E-state index contributed by atoms with van der Waals surface area (Å²) < 4.78 is 0. The molecule has 0 aliphatic carbocycles. The van der Waals surface area contributed by atoms with Crippen molar-refractivity contribution < 1.29 is 4.79 Å². The maximum absolute atomic E-state index is 12.1. The molecular formula is C14H21N3O. The number of nitrogens with zero attached hydrogens (tertiary/aromatic N) is 1. The average Bonchev–Trinajstić information content (AvgIpc) is 2.40. The first-order chi connectivity index (χ1) is 8.68. The van der Waals surface area contributed by atoms with Gasteiger partial charge in [-0.25, -0.2) is 4.79 Å². The molecule has 1 aliphatic heterocycles. The molecule has 2 unspecified atom stereocenters. The summed E-state index contributed by atoms with van der Waals surface area (Å²) in [4.78, 5) is 14.0. The summed E-state index contributed by atoms with van der Waals surface area (Å²) >= 11 is 0. The second-order valence-electron chi connectivity index (χ2n) is 4.82. The van der Waals surface area contributed by atoms with Gasteiger partial charge in [0.25, 0.3) is 0 Å². The second-order valence-corrected chi connectivity index (χ2v) is 4.82. The van der Waals surface area contributed by atoms with E-state index in [1.165, 1.54) is 0 Å². The third kappa shape index (κ3) is 3.01. The lowest BCUT2D eigenvalue weighted by atomic mass is 10.1. The fourth-order valence-electron chi connectivity index (χ4n) is 2.22. The van der Waals surface area contributed by atoms with Crippen LogP contribution in [0.4, 0.5) is 4.79 Å². The first kappa shape index (κ1) is 12.9. The van der Waals surface area contributed by atoms with Crippen molar-refractivity contribution in [3.05, 3.63) is 35.9 Å². The highest BCUT2D eigenvalue weighted by Crippen LogP contribution is 2.09. The zero-order valence-electron chi connectivity index (χ0n) is 11.0. The summed E-state index contributed by atoms with van der Waals surface area (Å²) in [6, 6.07) is 10.6. The van der Waals surface area contributed by atoms with Gasteiger partial charge in [0.15, 0.2) is 0 Å². The zero-order chi connectivity index (χ0) is 13.0. The van der Waals surface area contributed by atoms with E-state index < -0.39 is 0 Å². The Morgan fingerprint density at radius 2 is 2.11 bits per heavy atom. The number of hydrogen-bond donors (Lipinski definition) is 2. The molecule has 0 radical (unpaired) electrons. The highest BCUT2D eigenvalue weighted by molar-refractivity contribution is 5.74. The van der Waals surface area contributed by atoms with Crippen LogP contribution in [0.5, 0.6) is 0 Å². The van der Waals surface area contributed by atoms with Gasteiger partial charge in [0.2, 0.25) is 0 Å². The topological polar surface area (TPSA) is 44.4 Å². The number of hydrogen-bond acceptors (Lipinski definition) is 2. The molecule has 4 nitrogen and oxygen atoms in total. The first-order valence-corrected chi connectivity index (χ1v) is 6.50. The summed E-state index contributed by atoms with van der Waals surface area (Å²) in [6.07, 6.45) is 0. The number of carbonyl (C=O) groups excluding carboxylic acids is 1. The number of benzene rings is 1. The number of piperazine rings is 1. The van der Waals surface area contributed by atoms with Crippen molar-refractivity contribution >= 4 is 6.03 Å². The maximum atomic E-state index is 12.1. The molecule has 1 saturated heterocycles. The van der Waals surface area contributed by atoms with Crippen LogP contribution in [-0.4, -0.2) is 36.1 Å². The molecule has 0 spiro atoms. The van der Waals surface area contributed by atoms with E-state index in [-0.39, 0.29) is 12.1 Å². The number of carbonyl (C=O) groups is 1. The molecule has 1 heterocycles. The molecular weight excluding hydrogens is 226 g/mol. The lowest BCUT2D eigenvalue weighted by Crippen LogP contribution is -2.59. The molecule has 0 bridgehead atoms. The normalized spacial score (nSPS) is 23.8. The molecule has 98 valence electrons. The number of amides is 2. The number of urea groups is 1. The van der Waals surface area contributed by atoms with Gasteiger partial charge in [-0.1, -0.05) is 30.3 Å². The van der Waals surface area contributed by atoms with Crippen LogP contribution in [0.3, 0.4) is 0 Å². The predicted octanol–water partition coefficient (Wildman–Crippen LogP) is 1.58. The van der Waals surface area contributed by atoms with Gasteiger partial charge in [0.05, 0.1) is 0 Å². The molecule has 4 heteroatoms. The lowest BCUT2D eigenvalue weighted by Gasteiger charge is -2.38. The Morgan fingerprint density at radius 3 is 2.83 bits per heavy atom. The highest BCUT2D eigenvalue weighted by Gasteiger charge is 2.27. The molecule has 0 aromatic heterocycles. The van der Waals surface area contributed by atoms with E-state index in [0.717, 1.165) is 18.7 Å². The largest absolute Gasteiger partial charge is 0.334 e. The van der Waals surface area contributed by atoms with Crippen LogP contribution in [0.15, 0.2) is 30.3 Å². The molecule has 2 atom stereocenters. The minimum atomic E-state index is 0.0275. The monoisotopic (exact) mass is 247 g/mol. The predicted molar refractivity (Wildman–Crippen MR) is 72.3 cm³/mol. The lowest BCUT2D eigenvalue weighted by molar-refractivity contribution is 0.145. The third-order valence-electron chi connectivity index (χ3n) is 3.58. The molecule has 0 saturated carbocycles. The average molecular weight is 247 g/mol. The van der Waals surface area contributed by atoms with Gasteiger partial charge in [-0.3, -0.25) is 0 Å². The Bertz CT molecular complexity index is 393. The van der Waals surface area contributed by atoms with Crippen LogP contribution >= 0.6 is 0 Å². The van der Waals surface area contributed by atoms with Gasteiger partial charge in [-0.05, 0) is 19.4 Å². The third-order valence-corrected chi connectivity index (χ3v) is 3.58. The summed E-state index contributed by atoms with van der Waals surface area (Å²) in [5.74, 6) is 0. The van der Waals surface area contributed by atoms with Crippen molar-refractivity contribution in [3.63, 3.8) is 0 Å². The van der Waals surface area contributed by atoms with Crippen LogP contribution in [0.2, 0.25) is 0 Å². The van der Waals surface area contributed by atoms with E-state index in [2.05, 4.69) is 24.5 Å². The molecule has 1 aromatic carbocycles. The number of nitrogens with one attached hydrogen (secondary N) is 2. The van der Waals surface area contributed by atoms with Gasteiger partial charge < -0.3 is 15.5 Å². The Balaban J connectivity index is 1.88. The molecule has 1 aromatic rings. The zero-order valence-corrected chi connectivity index (χ0v) is 11.0. The van der Waals surface area contributed by atoms with E-state index in [1.807, 2.05) is 35.2 Å². The van der Waals surface area contributed by atoms with E-state index in [1.54, 1.807) is 0 Å². The van der Waals surface area contributed by atoms with Crippen LogP contribution in [-0.2, 0) is 6.54 Å². The Morgan fingerprint density at radius 1 is 1.39 bits per heavy atom. The van der Waals surface area contributed by atoms with Crippen molar-refractivity contribution in [2.75, 3.05) is 13.1 Å². The summed E-state index contributed by atoms with van der Waals surface area (Å²) in [5.41, 5.74) is 1.13. The van der Waals surface area contributed by atoms with E-state index in [4.69, 9.17) is 0 Å². The molecule has 2 N–H and O–H groups in total. The van der Waals surface area contributed by atoms with Gasteiger partial charge >= 0.3 is 6.03 Å². The van der Waals surface area contributed by atoms with Crippen LogP contribution in [0.25, 0.3) is 0 Å². The number of rotatable bonds is 2. The second kappa shape index (κ2) is 5.87. The fourth-order valence-corrected chi connectivity index (χ4v) is 2.22. The van der Waals surface area contributed by atoms with Crippen LogP contribution in [0, 0.1) is 0 Å². The molecule has 1 aliphatic rings. The Labute approximate surface area is 108 Å². The van der Waals surface area contributed by atoms with Gasteiger partial charge in [0.1, 0.15) is 0 Å².